The lowest BCUT2D eigenvalue weighted by Crippen LogP contribution is -2.26. The number of hydrogen-bond donors (Lipinski definition) is 1. The molecule has 1 fully saturated rings. The number of rotatable bonds is 3. The molecule has 1 aromatic rings. The Balaban J connectivity index is 2.23. The van der Waals surface area contributed by atoms with E-state index in [1.165, 1.54) is 44.6 Å². The van der Waals surface area contributed by atoms with E-state index >= 15 is 0 Å². The molecule has 0 aliphatic heterocycles. The van der Waals surface area contributed by atoms with Crippen LogP contribution in [-0.2, 0) is 0 Å². The second-order valence-corrected chi connectivity index (χ2v) is 5.62. The van der Waals surface area contributed by atoms with E-state index in [0.717, 1.165) is 5.56 Å². The Labute approximate surface area is 114 Å². The number of nitrogens with one attached hydrogen (secondary N) is 1. The average Bonchev–Trinajstić information content (AvgIpc) is 2.64. The first-order valence-corrected chi connectivity index (χ1v) is 7.22. The van der Waals surface area contributed by atoms with Crippen LogP contribution in [0.1, 0.15) is 50.1 Å². The highest BCUT2D eigenvalue weighted by atomic mass is 35.5. The summed E-state index contributed by atoms with van der Waals surface area (Å²) < 4.78 is 14.0. The molecule has 0 spiro atoms. The Hall–Kier alpha value is -0.600. The number of hydrogen-bond acceptors (Lipinski definition) is 1. The fourth-order valence-electron chi connectivity index (χ4n) is 3.04. The van der Waals surface area contributed by atoms with E-state index in [4.69, 9.17) is 11.6 Å². The van der Waals surface area contributed by atoms with Gasteiger partial charge >= 0.3 is 0 Å². The monoisotopic (exact) mass is 269 g/mol. The van der Waals surface area contributed by atoms with Gasteiger partial charge in [-0.25, -0.2) is 4.39 Å². The normalized spacial score (nSPS) is 19.5. The fraction of sp³-hybridized carbons (Fsp3) is 0.600. The van der Waals surface area contributed by atoms with Crippen molar-refractivity contribution in [1.82, 2.24) is 5.32 Å². The van der Waals surface area contributed by atoms with E-state index in [-0.39, 0.29) is 11.9 Å². The summed E-state index contributed by atoms with van der Waals surface area (Å²) in [6.45, 7) is 0. The van der Waals surface area contributed by atoms with Crippen molar-refractivity contribution in [2.45, 2.75) is 44.6 Å². The molecule has 0 radical (unpaired) electrons. The predicted molar refractivity (Wildman–Crippen MR) is 74.4 cm³/mol. The smallest absolute Gasteiger partial charge is 0.128 e. The molecule has 0 saturated heterocycles. The Morgan fingerprint density at radius 2 is 1.89 bits per heavy atom. The minimum atomic E-state index is -0.150. The van der Waals surface area contributed by atoms with Gasteiger partial charge < -0.3 is 5.32 Å². The summed E-state index contributed by atoms with van der Waals surface area (Å²) >= 11 is 5.99. The Kier molecular flexibility index (Phi) is 5.02. The average molecular weight is 270 g/mol. The van der Waals surface area contributed by atoms with Crippen LogP contribution in [0, 0.1) is 11.7 Å². The molecule has 0 bridgehead atoms. The standard InChI is InChI=1S/C15H21ClFN/c1-18-15(11-6-4-2-3-5-7-11)13-10-12(16)8-9-14(13)17/h8-11,15,18H,2-7H2,1H3. The zero-order valence-corrected chi connectivity index (χ0v) is 11.6. The Bertz CT molecular complexity index is 386. The first-order valence-electron chi connectivity index (χ1n) is 6.84. The highest BCUT2D eigenvalue weighted by Gasteiger charge is 2.25. The number of halogens is 2. The quantitative estimate of drug-likeness (QED) is 0.784. The van der Waals surface area contributed by atoms with Gasteiger partial charge in [0.25, 0.3) is 0 Å². The van der Waals surface area contributed by atoms with Crippen LogP contribution in [0.3, 0.4) is 0 Å². The van der Waals surface area contributed by atoms with Gasteiger partial charge in [0.1, 0.15) is 5.82 Å². The Morgan fingerprint density at radius 1 is 1.22 bits per heavy atom. The van der Waals surface area contributed by atoms with Crippen LogP contribution in [0.5, 0.6) is 0 Å². The van der Waals surface area contributed by atoms with Crippen LogP contribution >= 0.6 is 11.6 Å². The van der Waals surface area contributed by atoms with Crippen LogP contribution in [0.25, 0.3) is 0 Å². The molecule has 1 unspecified atom stereocenters. The molecule has 0 aromatic heterocycles. The van der Waals surface area contributed by atoms with E-state index in [1.54, 1.807) is 12.1 Å². The van der Waals surface area contributed by atoms with Gasteiger partial charge in [0.15, 0.2) is 0 Å². The molecular weight excluding hydrogens is 249 g/mol. The van der Waals surface area contributed by atoms with Crippen molar-refractivity contribution >= 4 is 11.6 Å². The van der Waals surface area contributed by atoms with Gasteiger partial charge in [-0.1, -0.05) is 37.3 Å². The summed E-state index contributed by atoms with van der Waals surface area (Å²) in [6, 6.07) is 4.93. The van der Waals surface area contributed by atoms with E-state index in [1.807, 2.05) is 7.05 Å². The van der Waals surface area contributed by atoms with Crippen LogP contribution in [0.4, 0.5) is 4.39 Å². The highest BCUT2D eigenvalue weighted by molar-refractivity contribution is 6.30. The largest absolute Gasteiger partial charge is 0.313 e. The van der Waals surface area contributed by atoms with Crippen molar-refractivity contribution in [3.63, 3.8) is 0 Å². The summed E-state index contributed by atoms with van der Waals surface area (Å²) in [6.07, 6.45) is 7.49. The first-order chi connectivity index (χ1) is 8.72. The van der Waals surface area contributed by atoms with Gasteiger partial charge in [-0.3, -0.25) is 0 Å². The molecule has 1 nitrogen and oxygen atoms in total. The lowest BCUT2D eigenvalue weighted by molar-refractivity contribution is 0.333. The maximum atomic E-state index is 14.0. The van der Waals surface area contributed by atoms with E-state index in [2.05, 4.69) is 5.32 Å². The molecule has 2 rings (SSSR count). The van der Waals surface area contributed by atoms with Gasteiger partial charge in [-0.05, 0) is 44.0 Å². The molecular formula is C15H21ClFN. The maximum absolute atomic E-state index is 14.0. The van der Waals surface area contributed by atoms with E-state index < -0.39 is 0 Å². The molecule has 0 heterocycles. The van der Waals surface area contributed by atoms with Gasteiger partial charge in [0.2, 0.25) is 0 Å². The van der Waals surface area contributed by atoms with Crippen molar-refractivity contribution in [3.05, 3.63) is 34.6 Å². The van der Waals surface area contributed by atoms with E-state index in [9.17, 15) is 4.39 Å². The van der Waals surface area contributed by atoms with Crippen LogP contribution in [-0.4, -0.2) is 7.05 Å². The zero-order valence-electron chi connectivity index (χ0n) is 10.9. The molecule has 1 aliphatic carbocycles. The summed E-state index contributed by atoms with van der Waals surface area (Å²) in [5.41, 5.74) is 0.719. The van der Waals surface area contributed by atoms with Crippen molar-refractivity contribution in [2.24, 2.45) is 5.92 Å². The second-order valence-electron chi connectivity index (χ2n) is 5.18. The SMILES string of the molecule is CNC(c1cc(Cl)ccc1F)C1CCCCCC1. The molecule has 1 saturated carbocycles. The van der Waals surface area contributed by atoms with Gasteiger partial charge in [-0.2, -0.15) is 0 Å². The van der Waals surface area contributed by atoms with Crippen molar-refractivity contribution in [3.8, 4) is 0 Å². The maximum Gasteiger partial charge on any atom is 0.128 e. The zero-order chi connectivity index (χ0) is 13.0. The van der Waals surface area contributed by atoms with E-state index in [0.29, 0.717) is 10.9 Å². The molecule has 1 atom stereocenters. The molecule has 18 heavy (non-hydrogen) atoms. The molecule has 100 valence electrons. The van der Waals surface area contributed by atoms with Crippen LogP contribution in [0.15, 0.2) is 18.2 Å². The summed E-state index contributed by atoms with van der Waals surface area (Å²) in [4.78, 5) is 0. The third kappa shape index (κ3) is 3.24. The number of benzene rings is 1. The molecule has 3 heteroatoms. The lowest BCUT2D eigenvalue weighted by Gasteiger charge is -2.26. The topological polar surface area (TPSA) is 12.0 Å². The van der Waals surface area contributed by atoms with Crippen molar-refractivity contribution in [2.75, 3.05) is 7.05 Å². The fourth-order valence-corrected chi connectivity index (χ4v) is 3.22. The lowest BCUT2D eigenvalue weighted by atomic mass is 9.87. The van der Waals surface area contributed by atoms with Gasteiger partial charge in [0, 0.05) is 16.6 Å². The summed E-state index contributed by atoms with van der Waals surface area (Å²) in [5, 5.41) is 3.90. The van der Waals surface area contributed by atoms with Crippen LogP contribution in [0.2, 0.25) is 5.02 Å². The van der Waals surface area contributed by atoms with Gasteiger partial charge in [0.05, 0.1) is 0 Å². The summed E-state index contributed by atoms with van der Waals surface area (Å²) in [5.74, 6) is 0.369. The Morgan fingerprint density at radius 3 is 2.50 bits per heavy atom. The molecule has 1 aliphatic rings. The van der Waals surface area contributed by atoms with Crippen molar-refractivity contribution < 1.29 is 4.39 Å². The van der Waals surface area contributed by atoms with Gasteiger partial charge in [-0.15, -0.1) is 0 Å². The third-order valence-corrected chi connectivity index (χ3v) is 4.21. The van der Waals surface area contributed by atoms with Crippen LogP contribution < -0.4 is 5.32 Å². The minimum Gasteiger partial charge on any atom is -0.313 e. The summed E-state index contributed by atoms with van der Waals surface area (Å²) in [7, 11) is 1.91. The third-order valence-electron chi connectivity index (χ3n) is 3.98. The second kappa shape index (κ2) is 6.53. The highest BCUT2D eigenvalue weighted by Crippen LogP contribution is 2.35. The molecule has 1 aromatic carbocycles. The predicted octanol–water partition coefficient (Wildman–Crippen LogP) is 4.71. The first kappa shape index (κ1) is 13.8. The molecule has 1 N–H and O–H groups in total. The minimum absolute atomic E-state index is 0.0850. The molecule has 0 amide bonds. The van der Waals surface area contributed by atoms with Crippen molar-refractivity contribution in [1.29, 1.82) is 0 Å².